The van der Waals surface area contributed by atoms with E-state index in [0.29, 0.717) is 0 Å². The third kappa shape index (κ3) is 2.60. The summed E-state index contributed by atoms with van der Waals surface area (Å²) in [5.74, 6) is 1.01. The van der Waals surface area contributed by atoms with Crippen molar-refractivity contribution in [1.29, 1.82) is 0 Å². The van der Waals surface area contributed by atoms with E-state index < -0.39 is 0 Å². The first-order valence-corrected chi connectivity index (χ1v) is 7.41. The van der Waals surface area contributed by atoms with Gasteiger partial charge < -0.3 is 14.8 Å². The molecular formula is C15H20ClNO2. The maximum absolute atomic E-state index is 6.24. The molecule has 1 saturated heterocycles. The second-order valence-electron chi connectivity index (χ2n) is 5.25. The highest BCUT2D eigenvalue weighted by Crippen LogP contribution is 2.39. The summed E-state index contributed by atoms with van der Waals surface area (Å²) in [6.45, 7) is 1.61. The van der Waals surface area contributed by atoms with Crippen molar-refractivity contribution in [2.45, 2.75) is 37.8 Å². The second kappa shape index (κ2) is 5.70. The lowest BCUT2D eigenvalue weighted by Crippen LogP contribution is -2.34. The van der Waals surface area contributed by atoms with Gasteiger partial charge >= 0.3 is 0 Å². The van der Waals surface area contributed by atoms with Crippen LogP contribution < -0.4 is 10.1 Å². The van der Waals surface area contributed by atoms with Crippen LogP contribution in [0.15, 0.2) is 12.1 Å². The van der Waals surface area contributed by atoms with Crippen molar-refractivity contribution in [3.8, 4) is 5.75 Å². The quantitative estimate of drug-likeness (QED) is 0.923. The minimum Gasteiger partial charge on any atom is -0.493 e. The van der Waals surface area contributed by atoms with Crippen LogP contribution in [0.3, 0.4) is 0 Å². The van der Waals surface area contributed by atoms with Gasteiger partial charge in [-0.25, -0.2) is 0 Å². The lowest BCUT2D eigenvalue weighted by atomic mass is 9.93. The third-order valence-corrected chi connectivity index (χ3v) is 4.23. The number of hydrogen-bond donors (Lipinski definition) is 1. The normalized spacial score (nSPS) is 23.8. The highest BCUT2D eigenvalue weighted by molar-refractivity contribution is 6.30. The summed E-state index contributed by atoms with van der Waals surface area (Å²) in [5.41, 5.74) is 2.37. The van der Waals surface area contributed by atoms with E-state index in [-0.39, 0.29) is 12.1 Å². The number of nitrogens with one attached hydrogen (secondary N) is 1. The van der Waals surface area contributed by atoms with Gasteiger partial charge in [-0.2, -0.15) is 0 Å². The summed E-state index contributed by atoms with van der Waals surface area (Å²) in [4.78, 5) is 0. The molecule has 0 aliphatic carbocycles. The van der Waals surface area contributed by atoms with Crippen molar-refractivity contribution in [2.75, 3.05) is 20.3 Å². The molecule has 0 bridgehead atoms. The number of rotatable bonds is 3. The van der Waals surface area contributed by atoms with Gasteiger partial charge in [-0.05, 0) is 44.0 Å². The summed E-state index contributed by atoms with van der Waals surface area (Å²) in [7, 11) is 1.98. The van der Waals surface area contributed by atoms with Gasteiger partial charge in [0.05, 0.1) is 18.8 Å². The number of ether oxygens (including phenoxy) is 2. The minimum absolute atomic E-state index is 0.158. The average Bonchev–Trinajstić information content (AvgIpc) is 2.89. The molecule has 104 valence electrons. The van der Waals surface area contributed by atoms with Crippen LogP contribution in [0.4, 0.5) is 0 Å². The van der Waals surface area contributed by atoms with Crippen LogP contribution in [0, 0.1) is 0 Å². The number of likely N-dealkylation sites (N-methyl/N-ethyl adjacent to an activating group) is 1. The van der Waals surface area contributed by atoms with Crippen molar-refractivity contribution in [1.82, 2.24) is 5.32 Å². The summed E-state index contributed by atoms with van der Waals surface area (Å²) in [6.07, 6.45) is 4.65. The van der Waals surface area contributed by atoms with E-state index >= 15 is 0 Å². The Labute approximate surface area is 119 Å². The summed E-state index contributed by atoms with van der Waals surface area (Å²) < 4.78 is 11.7. The lowest BCUT2D eigenvalue weighted by Gasteiger charge is -2.31. The van der Waals surface area contributed by atoms with E-state index in [9.17, 15) is 0 Å². The molecule has 3 rings (SSSR count). The van der Waals surface area contributed by atoms with Crippen LogP contribution in [-0.2, 0) is 11.2 Å². The molecule has 4 heteroatoms. The molecule has 2 unspecified atom stereocenters. The third-order valence-electron chi connectivity index (χ3n) is 4.01. The smallest absolute Gasteiger partial charge is 0.127 e. The molecule has 1 aromatic rings. The van der Waals surface area contributed by atoms with Gasteiger partial charge in [0.25, 0.3) is 0 Å². The predicted octanol–water partition coefficient (Wildman–Crippen LogP) is 3.10. The summed E-state index contributed by atoms with van der Waals surface area (Å²) in [6, 6.07) is 4.19. The molecular weight excluding hydrogens is 262 g/mol. The molecule has 19 heavy (non-hydrogen) atoms. The Morgan fingerprint density at radius 3 is 2.95 bits per heavy atom. The highest BCUT2D eigenvalue weighted by Gasteiger charge is 2.30. The van der Waals surface area contributed by atoms with E-state index in [2.05, 4.69) is 5.32 Å². The van der Waals surface area contributed by atoms with Crippen molar-refractivity contribution in [3.05, 3.63) is 28.3 Å². The molecule has 2 atom stereocenters. The Hall–Kier alpha value is -0.770. The van der Waals surface area contributed by atoms with Crippen molar-refractivity contribution >= 4 is 11.6 Å². The zero-order valence-corrected chi connectivity index (χ0v) is 12.0. The van der Waals surface area contributed by atoms with Gasteiger partial charge in [-0.15, -0.1) is 0 Å². The lowest BCUT2D eigenvalue weighted by molar-refractivity contribution is -0.00705. The first kappa shape index (κ1) is 13.2. The molecule has 2 aliphatic heterocycles. The molecule has 0 spiro atoms. The van der Waals surface area contributed by atoms with Gasteiger partial charge in [-0.1, -0.05) is 11.6 Å². The maximum atomic E-state index is 6.24. The van der Waals surface area contributed by atoms with Gasteiger partial charge in [0.1, 0.15) is 5.75 Å². The second-order valence-corrected chi connectivity index (χ2v) is 5.69. The fourth-order valence-corrected chi connectivity index (χ4v) is 3.35. The zero-order chi connectivity index (χ0) is 13.2. The number of fused-ring (bicyclic) bond motifs is 1. The minimum atomic E-state index is 0.158. The molecule has 0 saturated carbocycles. The van der Waals surface area contributed by atoms with Crippen LogP contribution >= 0.6 is 11.6 Å². The van der Waals surface area contributed by atoms with Crippen molar-refractivity contribution < 1.29 is 9.47 Å². The topological polar surface area (TPSA) is 30.5 Å². The van der Waals surface area contributed by atoms with E-state index in [0.717, 1.165) is 48.8 Å². The Morgan fingerprint density at radius 1 is 1.32 bits per heavy atom. The van der Waals surface area contributed by atoms with E-state index in [1.807, 2.05) is 19.2 Å². The van der Waals surface area contributed by atoms with Crippen LogP contribution in [0.25, 0.3) is 0 Å². The van der Waals surface area contributed by atoms with Crippen LogP contribution in [0.1, 0.15) is 36.4 Å². The molecule has 2 heterocycles. The highest BCUT2D eigenvalue weighted by atomic mass is 35.5. The van der Waals surface area contributed by atoms with Crippen LogP contribution in [0.5, 0.6) is 5.75 Å². The van der Waals surface area contributed by atoms with Gasteiger partial charge in [0.2, 0.25) is 0 Å². The zero-order valence-electron chi connectivity index (χ0n) is 11.2. The van der Waals surface area contributed by atoms with Crippen LogP contribution in [0.2, 0.25) is 5.02 Å². The average molecular weight is 282 g/mol. The molecule has 1 aromatic carbocycles. The molecule has 1 fully saturated rings. The molecule has 0 radical (unpaired) electrons. The van der Waals surface area contributed by atoms with Gasteiger partial charge in [-0.3, -0.25) is 0 Å². The van der Waals surface area contributed by atoms with Crippen LogP contribution in [-0.4, -0.2) is 26.4 Å². The van der Waals surface area contributed by atoms with Gasteiger partial charge in [0, 0.05) is 23.6 Å². The monoisotopic (exact) mass is 281 g/mol. The predicted molar refractivity (Wildman–Crippen MR) is 76.0 cm³/mol. The van der Waals surface area contributed by atoms with Gasteiger partial charge in [0.15, 0.2) is 0 Å². The first-order chi connectivity index (χ1) is 9.29. The van der Waals surface area contributed by atoms with Crippen molar-refractivity contribution in [2.24, 2.45) is 0 Å². The molecule has 0 aromatic heterocycles. The number of benzene rings is 1. The van der Waals surface area contributed by atoms with Crippen molar-refractivity contribution in [3.63, 3.8) is 0 Å². The van der Waals surface area contributed by atoms with E-state index in [1.165, 1.54) is 12.0 Å². The molecule has 1 N–H and O–H groups in total. The molecule has 2 aliphatic rings. The first-order valence-electron chi connectivity index (χ1n) is 7.03. The Bertz CT molecular complexity index is 458. The number of halogens is 1. The molecule has 0 amide bonds. The Kier molecular flexibility index (Phi) is 3.96. The standard InChI is InChI=1S/C15H20ClNO2/c1-17-14(13-4-2-3-6-18-13)12-9-11(16)8-10-5-7-19-15(10)12/h8-9,13-14,17H,2-7H2,1H3. The maximum Gasteiger partial charge on any atom is 0.127 e. The Balaban J connectivity index is 1.94. The number of hydrogen-bond acceptors (Lipinski definition) is 3. The largest absolute Gasteiger partial charge is 0.493 e. The summed E-state index contributed by atoms with van der Waals surface area (Å²) >= 11 is 6.24. The van der Waals surface area contributed by atoms with E-state index in [1.54, 1.807) is 0 Å². The fourth-order valence-electron chi connectivity index (χ4n) is 3.10. The Morgan fingerprint density at radius 2 is 2.21 bits per heavy atom. The SMILES string of the molecule is CNC(c1cc(Cl)cc2c1OCC2)C1CCCCO1. The fraction of sp³-hybridized carbons (Fsp3) is 0.600. The molecule has 3 nitrogen and oxygen atoms in total. The summed E-state index contributed by atoms with van der Waals surface area (Å²) in [5, 5.41) is 4.17. The van der Waals surface area contributed by atoms with E-state index in [4.69, 9.17) is 21.1 Å².